The van der Waals surface area contributed by atoms with Crippen molar-refractivity contribution >= 4 is 45.2 Å². The first kappa shape index (κ1) is 12.4. The Morgan fingerprint density at radius 2 is 2.12 bits per heavy atom. The van der Waals surface area contributed by atoms with E-state index in [1.807, 2.05) is 13.0 Å². The number of urea groups is 1. The van der Waals surface area contributed by atoms with E-state index in [9.17, 15) is 9.59 Å². The summed E-state index contributed by atoms with van der Waals surface area (Å²) in [7, 11) is 0. The van der Waals surface area contributed by atoms with Gasteiger partial charge in [0.25, 0.3) is 0 Å². The zero-order valence-electron chi connectivity index (χ0n) is 9.09. The predicted molar refractivity (Wildman–Crippen MR) is 69.4 cm³/mol. The molecular formula is C11H10BrClN2O2. The Kier molecular flexibility index (Phi) is 3.40. The van der Waals surface area contributed by atoms with Crippen LogP contribution in [0.15, 0.2) is 16.6 Å². The van der Waals surface area contributed by atoms with Gasteiger partial charge in [0.15, 0.2) is 0 Å². The Morgan fingerprint density at radius 1 is 1.41 bits per heavy atom. The summed E-state index contributed by atoms with van der Waals surface area (Å²) in [5.41, 5.74) is 1.60. The number of imide groups is 1. The van der Waals surface area contributed by atoms with E-state index in [4.69, 9.17) is 11.6 Å². The second kappa shape index (κ2) is 4.66. The summed E-state index contributed by atoms with van der Waals surface area (Å²) in [6, 6.07) is 3.15. The van der Waals surface area contributed by atoms with Gasteiger partial charge in [0.1, 0.15) is 0 Å². The van der Waals surface area contributed by atoms with Crippen molar-refractivity contribution in [3.8, 4) is 0 Å². The van der Waals surface area contributed by atoms with Crippen molar-refractivity contribution in [1.82, 2.24) is 5.32 Å². The lowest BCUT2D eigenvalue weighted by molar-refractivity contribution is -0.120. The zero-order chi connectivity index (χ0) is 12.6. The molecule has 1 fully saturated rings. The van der Waals surface area contributed by atoms with Crippen LogP contribution in [0.2, 0.25) is 5.02 Å². The lowest BCUT2D eigenvalue weighted by Gasteiger charge is -2.27. The third-order valence-corrected chi connectivity index (χ3v) is 3.62. The number of carbonyl (C=O) groups excluding carboxylic acids is 2. The van der Waals surface area contributed by atoms with E-state index >= 15 is 0 Å². The van der Waals surface area contributed by atoms with Gasteiger partial charge >= 0.3 is 6.03 Å². The second-order valence-electron chi connectivity index (χ2n) is 3.81. The highest BCUT2D eigenvalue weighted by Gasteiger charge is 2.25. The fraction of sp³-hybridized carbons (Fsp3) is 0.273. The van der Waals surface area contributed by atoms with Crippen LogP contribution in [-0.2, 0) is 4.79 Å². The van der Waals surface area contributed by atoms with E-state index in [0.717, 1.165) is 10.0 Å². The number of halogens is 2. The first-order valence-corrected chi connectivity index (χ1v) is 6.23. The van der Waals surface area contributed by atoms with E-state index in [-0.39, 0.29) is 5.91 Å². The molecule has 1 aliphatic rings. The molecule has 0 unspecified atom stereocenters. The highest BCUT2D eigenvalue weighted by molar-refractivity contribution is 9.10. The highest BCUT2D eigenvalue weighted by atomic mass is 79.9. The van der Waals surface area contributed by atoms with Gasteiger partial charge < -0.3 is 0 Å². The summed E-state index contributed by atoms with van der Waals surface area (Å²) < 4.78 is 0.781. The molecule has 1 heterocycles. The first-order valence-electron chi connectivity index (χ1n) is 5.06. The third kappa shape index (κ3) is 2.45. The number of nitrogens with one attached hydrogen (secondary N) is 1. The molecule has 1 aromatic carbocycles. The summed E-state index contributed by atoms with van der Waals surface area (Å²) in [5.74, 6) is -0.249. The molecule has 1 aliphatic heterocycles. The molecular weight excluding hydrogens is 307 g/mol. The summed E-state index contributed by atoms with van der Waals surface area (Å²) >= 11 is 9.43. The van der Waals surface area contributed by atoms with E-state index in [0.29, 0.717) is 23.7 Å². The van der Waals surface area contributed by atoms with Crippen molar-refractivity contribution in [2.75, 3.05) is 11.4 Å². The quantitative estimate of drug-likeness (QED) is 0.866. The van der Waals surface area contributed by atoms with E-state index in [1.54, 1.807) is 6.07 Å². The van der Waals surface area contributed by atoms with Crippen molar-refractivity contribution < 1.29 is 9.59 Å². The monoisotopic (exact) mass is 316 g/mol. The molecule has 90 valence electrons. The fourth-order valence-corrected chi connectivity index (χ4v) is 2.47. The average molecular weight is 318 g/mol. The number of aryl methyl sites for hydroxylation is 1. The Hall–Kier alpha value is -1.07. The van der Waals surface area contributed by atoms with Crippen LogP contribution in [-0.4, -0.2) is 18.5 Å². The lowest BCUT2D eigenvalue weighted by Crippen LogP contribution is -2.49. The fourth-order valence-electron chi connectivity index (χ4n) is 1.64. The largest absolute Gasteiger partial charge is 0.328 e. The molecule has 0 aliphatic carbocycles. The van der Waals surface area contributed by atoms with E-state index in [2.05, 4.69) is 21.2 Å². The SMILES string of the molecule is Cc1cc(Br)c(N2CCC(=O)NC2=O)cc1Cl. The van der Waals surface area contributed by atoms with Crippen LogP contribution in [0.4, 0.5) is 10.5 Å². The molecule has 0 atom stereocenters. The topological polar surface area (TPSA) is 49.4 Å². The maximum absolute atomic E-state index is 11.7. The Morgan fingerprint density at radius 3 is 2.76 bits per heavy atom. The van der Waals surface area contributed by atoms with Gasteiger partial charge in [-0.15, -0.1) is 0 Å². The van der Waals surface area contributed by atoms with Crippen molar-refractivity contribution in [2.45, 2.75) is 13.3 Å². The van der Waals surface area contributed by atoms with Crippen molar-refractivity contribution in [2.24, 2.45) is 0 Å². The van der Waals surface area contributed by atoms with Crippen molar-refractivity contribution in [1.29, 1.82) is 0 Å². The maximum atomic E-state index is 11.7. The number of rotatable bonds is 1. The maximum Gasteiger partial charge on any atom is 0.328 e. The number of hydrogen-bond acceptors (Lipinski definition) is 2. The van der Waals surface area contributed by atoms with Crippen LogP contribution >= 0.6 is 27.5 Å². The van der Waals surface area contributed by atoms with Crippen molar-refractivity contribution in [3.63, 3.8) is 0 Å². The van der Waals surface area contributed by atoms with Crippen LogP contribution in [0.25, 0.3) is 0 Å². The molecule has 0 saturated carbocycles. The predicted octanol–water partition coefficient (Wildman–Crippen LogP) is 2.86. The smallest absolute Gasteiger partial charge is 0.292 e. The number of nitrogens with zero attached hydrogens (tertiary/aromatic N) is 1. The molecule has 6 heteroatoms. The third-order valence-electron chi connectivity index (χ3n) is 2.57. The Bertz CT molecular complexity index is 504. The van der Waals surface area contributed by atoms with E-state index < -0.39 is 6.03 Å². The molecule has 0 spiro atoms. The zero-order valence-corrected chi connectivity index (χ0v) is 11.4. The van der Waals surface area contributed by atoms with Gasteiger partial charge in [0.05, 0.1) is 5.69 Å². The highest BCUT2D eigenvalue weighted by Crippen LogP contribution is 2.32. The number of anilines is 1. The van der Waals surface area contributed by atoms with Crippen LogP contribution in [0.5, 0.6) is 0 Å². The normalized spacial score (nSPS) is 16.1. The minimum atomic E-state index is -0.415. The summed E-state index contributed by atoms with van der Waals surface area (Å²) in [6.07, 6.45) is 0.295. The summed E-state index contributed by atoms with van der Waals surface area (Å²) in [5, 5.41) is 2.86. The minimum Gasteiger partial charge on any atom is -0.292 e. The molecule has 3 amide bonds. The van der Waals surface area contributed by atoms with Gasteiger partial charge in [-0.3, -0.25) is 15.0 Å². The standard InChI is InChI=1S/C11H10BrClN2O2/c1-6-4-7(12)9(5-8(6)13)15-3-2-10(16)14-11(15)17/h4-5H,2-3H2,1H3,(H,14,16,17). The van der Waals surface area contributed by atoms with Crippen LogP contribution in [0, 0.1) is 6.92 Å². The molecule has 0 radical (unpaired) electrons. The number of carbonyl (C=O) groups is 2. The lowest BCUT2D eigenvalue weighted by atomic mass is 10.2. The molecule has 4 nitrogen and oxygen atoms in total. The Labute approximate surface area is 112 Å². The van der Waals surface area contributed by atoms with Gasteiger partial charge in [-0.1, -0.05) is 11.6 Å². The van der Waals surface area contributed by atoms with Gasteiger partial charge in [0, 0.05) is 22.5 Å². The van der Waals surface area contributed by atoms with Gasteiger partial charge in [-0.25, -0.2) is 4.79 Å². The van der Waals surface area contributed by atoms with Crippen molar-refractivity contribution in [3.05, 3.63) is 27.2 Å². The number of benzene rings is 1. The van der Waals surface area contributed by atoms with Gasteiger partial charge in [-0.2, -0.15) is 0 Å². The van der Waals surface area contributed by atoms with Gasteiger partial charge in [0.2, 0.25) is 5.91 Å². The number of hydrogen-bond donors (Lipinski definition) is 1. The second-order valence-corrected chi connectivity index (χ2v) is 5.07. The van der Waals surface area contributed by atoms with Crippen LogP contribution in [0.3, 0.4) is 0 Å². The average Bonchev–Trinajstić information content (AvgIpc) is 2.24. The van der Waals surface area contributed by atoms with Crippen LogP contribution in [0.1, 0.15) is 12.0 Å². The molecule has 0 bridgehead atoms. The Balaban J connectivity index is 2.37. The number of amides is 3. The van der Waals surface area contributed by atoms with Crippen LogP contribution < -0.4 is 10.2 Å². The minimum absolute atomic E-state index is 0.249. The van der Waals surface area contributed by atoms with Gasteiger partial charge in [-0.05, 0) is 40.5 Å². The molecule has 1 N–H and O–H groups in total. The molecule has 0 aromatic heterocycles. The summed E-state index contributed by atoms with van der Waals surface area (Å²) in [6.45, 7) is 2.25. The first-order chi connectivity index (χ1) is 7.99. The molecule has 1 aromatic rings. The van der Waals surface area contributed by atoms with E-state index in [1.165, 1.54) is 4.90 Å². The molecule has 17 heavy (non-hydrogen) atoms. The summed E-state index contributed by atoms with van der Waals surface area (Å²) in [4.78, 5) is 24.2. The molecule has 1 saturated heterocycles. The molecule has 2 rings (SSSR count).